The van der Waals surface area contributed by atoms with Gasteiger partial charge >= 0.3 is 0 Å². The van der Waals surface area contributed by atoms with Gasteiger partial charge in [0.15, 0.2) is 0 Å². The summed E-state index contributed by atoms with van der Waals surface area (Å²) in [6, 6.07) is 0.580. The molecule has 2 aliphatic rings. The molecular weight excluding hydrogens is 152 g/mol. The highest BCUT2D eigenvalue weighted by Crippen LogP contribution is 2.34. The predicted molar refractivity (Wildman–Crippen MR) is 46.4 cm³/mol. The van der Waals surface area contributed by atoms with Gasteiger partial charge in [0, 0.05) is 12.6 Å². The van der Waals surface area contributed by atoms with Crippen LogP contribution in [-0.2, 0) is 4.79 Å². The highest BCUT2D eigenvalue weighted by molar-refractivity contribution is 5.77. The minimum atomic E-state index is -0.114. The number of nitrogens with two attached hydrogens (primary N) is 1. The lowest BCUT2D eigenvalue weighted by atomic mass is 9.80. The van der Waals surface area contributed by atoms with Gasteiger partial charge in [-0.15, -0.1) is 0 Å². The Balaban J connectivity index is 2.05. The molecule has 3 N–H and O–H groups in total. The van der Waals surface area contributed by atoms with E-state index in [1.807, 2.05) is 0 Å². The van der Waals surface area contributed by atoms with Gasteiger partial charge in [0.2, 0.25) is 5.91 Å². The lowest BCUT2D eigenvalue weighted by Crippen LogP contribution is -2.33. The molecule has 3 unspecified atom stereocenters. The third-order valence-corrected chi connectivity index (χ3v) is 3.30. The number of carbonyl (C=O) groups is 1. The Labute approximate surface area is 72.7 Å². The lowest BCUT2D eigenvalue weighted by Gasteiger charge is -2.26. The van der Waals surface area contributed by atoms with Gasteiger partial charge in [0.1, 0.15) is 0 Å². The second-order valence-corrected chi connectivity index (χ2v) is 3.97. The molecule has 2 rings (SSSR count). The lowest BCUT2D eigenvalue weighted by molar-refractivity contribution is -0.122. The topological polar surface area (TPSA) is 55.1 Å². The fourth-order valence-corrected chi connectivity index (χ4v) is 2.64. The van der Waals surface area contributed by atoms with Crippen LogP contribution in [-0.4, -0.2) is 18.5 Å². The molecule has 1 amide bonds. The first kappa shape index (κ1) is 8.05. The Bertz CT molecular complexity index is 193. The number of amides is 1. The molecule has 1 saturated carbocycles. The largest absolute Gasteiger partial charge is 0.369 e. The fourth-order valence-electron chi connectivity index (χ4n) is 2.64. The van der Waals surface area contributed by atoms with E-state index in [1.54, 1.807) is 0 Å². The van der Waals surface area contributed by atoms with Crippen LogP contribution in [0.2, 0.25) is 0 Å². The zero-order valence-corrected chi connectivity index (χ0v) is 7.25. The molecule has 0 aromatic carbocycles. The number of rotatable bonds is 1. The van der Waals surface area contributed by atoms with E-state index in [9.17, 15) is 4.79 Å². The monoisotopic (exact) mass is 168 g/mol. The van der Waals surface area contributed by atoms with Crippen molar-refractivity contribution in [2.24, 2.45) is 17.6 Å². The molecule has 1 aliphatic carbocycles. The van der Waals surface area contributed by atoms with Gasteiger partial charge in [0.05, 0.1) is 5.92 Å². The number of hydrogen-bond acceptors (Lipinski definition) is 2. The Morgan fingerprint density at radius 1 is 1.33 bits per heavy atom. The van der Waals surface area contributed by atoms with Crippen molar-refractivity contribution in [3.8, 4) is 0 Å². The first-order chi connectivity index (χ1) is 5.79. The molecule has 0 aromatic rings. The molecule has 0 radical (unpaired) electrons. The molecule has 1 aliphatic heterocycles. The molecule has 0 aromatic heterocycles. The van der Waals surface area contributed by atoms with E-state index < -0.39 is 0 Å². The molecule has 1 heterocycles. The minimum Gasteiger partial charge on any atom is -0.369 e. The normalized spacial score (nSPS) is 40.8. The van der Waals surface area contributed by atoms with Crippen LogP contribution in [0.5, 0.6) is 0 Å². The van der Waals surface area contributed by atoms with Gasteiger partial charge in [-0.3, -0.25) is 4.79 Å². The summed E-state index contributed by atoms with van der Waals surface area (Å²) < 4.78 is 0. The standard InChI is InChI=1S/C9H16N2O/c10-9(12)7-5-11-8-4-2-1-3-6(7)8/h6-8,11H,1-5H2,(H2,10,12). The average molecular weight is 168 g/mol. The van der Waals surface area contributed by atoms with Crippen molar-refractivity contribution in [2.75, 3.05) is 6.54 Å². The van der Waals surface area contributed by atoms with Crippen LogP contribution in [0.25, 0.3) is 0 Å². The van der Waals surface area contributed by atoms with Gasteiger partial charge in [-0.25, -0.2) is 0 Å². The summed E-state index contributed by atoms with van der Waals surface area (Å²) in [6.07, 6.45) is 4.99. The summed E-state index contributed by atoms with van der Waals surface area (Å²) in [6.45, 7) is 0.810. The molecular formula is C9H16N2O. The Morgan fingerprint density at radius 2 is 2.08 bits per heavy atom. The van der Waals surface area contributed by atoms with Crippen LogP contribution < -0.4 is 11.1 Å². The fraction of sp³-hybridized carbons (Fsp3) is 0.889. The smallest absolute Gasteiger partial charge is 0.222 e. The Hall–Kier alpha value is -0.570. The number of hydrogen-bond donors (Lipinski definition) is 2. The van der Waals surface area contributed by atoms with Gasteiger partial charge in [-0.2, -0.15) is 0 Å². The Morgan fingerprint density at radius 3 is 2.83 bits per heavy atom. The van der Waals surface area contributed by atoms with E-state index in [4.69, 9.17) is 5.73 Å². The van der Waals surface area contributed by atoms with E-state index in [1.165, 1.54) is 25.7 Å². The van der Waals surface area contributed by atoms with Gasteiger partial charge in [-0.1, -0.05) is 12.8 Å². The van der Waals surface area contributed by atoms with Crippen molar-refractivity contribution in [1.29, 1.82) is 0 Å². The van der Waals surface area contributed by atoms with Crippen molar-refractivity contribution < 1.29 is 4.79 Å². The summed E-state index contributed by atoms with van der Waals surface area (Å²) in [5.74, 6) is 0.531. The summed E-state index contributed by atoms with van der Waals surface area (Å²) in [7, 11) is 0. The summed E-state index contributed by atoms with van der Waals surface area (Å²) >= 11 is 0. The number of nitrogens with one attached hydrogen (secondary N) is 1. The van der Waals surface area contributed by atoms with E-state index in [0.29, 0.717) is 12.0 Å². The SMILES string of the molecule is NC(=O)C1CNC2CCCCC21. The van der Waals surface area contributed by atoms with Crippen molar-refractivity contribution in [2.45, 2.75) is 31.7 Å². The van der Waals surface area contributed by atoms with Crippen LogP contribution in [0.1, 0.15) is 25.7 Å². The average Bonchev–Trinajstić information content (AvgIpc) is 2.47. The first-order valence-corrected chi connectivity index (χ1v) is 4.82. The first-order valence-electron chi connectivity index (χ1n) is 4.82. The van der Waals surface area contributed by atoms with Crippen LogP contribution in [0.3, 0.4) is 0 Å². The van der Waals surface area contributed by atoms with Crippen LogP contribution in [0.4, 0.5) is 0 Å². The summed E-state index contributed by atoms with van der Waals surface area (Å²) in [4.78, 5) is 11.0. The van der Waals surface area contributed by atoms with Crippen molar-refractivity contribution in [3.63, 3.8) is 0 Å². The van der Waals surface area contributed by atoms with E-state index in [-0.39, 0.29) is 11.8 Å². The number of fused-ring (bicyclic) bond motifs is 1. The maximum Gasteiger partial charge on any atom is 0.222 e. The molecule has 3 heteroatoms. The van der Waals surface area contributed by atoms with Crippen molar-refractivity contribution >= 4 is 5.91 Å². The third-order valence-electron chi connectivity index (χ3n) is 3.30. The number of carbonyl (C=O) groups excluding carboxylic acids is 1. The molecule has 12 heavy (non-hydrogen) atoms. The summed E-state index contributed by atoms with van der Waals surface area (Å²) in [5, 5.41) is 3.39. The minimum absolute atomic E-state index is 0.107. The highest BCUT2D eigenvalue weighted by Gasteiger charge is 2.39. The maximum absolute atomic E-state index is 11.0. The van der Waals surface area contributed by atoms with Crippen LogP contribution >= 0.6 is 0 Å². The van der Waals surface area contributed by atoms with Crippen LogP contribution in [0, 0.1) is 11.8 Å². The zero-order valence-electron chi connectivity index (χ0n) is 7.25. The van der Waals surface area contributed by atoms with Crippen LogP contribution in [0.15, 0.2) is 0 Å². The molecule has 0 bridgehead atoms. The molecule has 0 spiro atoms. The molecule has 2 fully saturated rings. The van der Waals surface area contributed by atoms with E-state index >= 15 is 0 Å². The highest BCUT2D eigenvalue weighted by atomic mass is 16.1. The molecule has 3 atom stereocenters. The third kappa shape index (κ3) is 1.22. The van der Waals surface area contributed by atoms with Crippen molar-refractivity contribution in [3.05, 3.63) is 0 Å². The van der Waals surface area contributed by atoms with Gasteiger partial charge < -0.3 is 11.1 Å². The predicted octanol–water partition coefficient (Wildman–Crippen LogP) is 0.250. The van der Waals surface area contributed by atoms with Gasteiger partial charge in [-0.05, 0) is 18.8 Å². The van der Waals surface area contributed by atoms with E-state index in [0.717, 1.165) is 6.54 Å². The molecule has 1 saturated heterocycles. The second kappa shape index (κ2) is 3.05. The quantitative estimate of drug-likeness (QED) is 0.589. The molecule has 68 valence electrons. The zero-order chi connectivity index (χ0) is 8.55. The van der Waals surface area contributed by atoms with Gasteiger partial charge in [0.25, 0.3) is 0 Å². The summed E-state index contributed by atoms with van der Waals surface area (Å²) in [5.41, 5.74) is 5.33. The number of primary amides is 1. The van der Waals surface area contributed by atoms with Crippen molar-refractivity contribution in [1.82, 2.24) is 5.32 Å². The molecule has 3 nitrogen and oxygen atoms in total. The maximum atomic E-state index is 11.0. The Kier molecular flexibility index (Phi) is 2.05. The van der Waals surface area contributed by atoms with E-state index in [2.05, 4.69) is 5.32 Å². The second-order valence-electron chi connectivity index (χ2n) is 3.97.